The zero-order valence-electron chi connectivity index (χ0n) is 14.1. The van der Waals surface area contributed by atoms with Gasteiger partial charge in [-0.3, -0.25) is 14.7 Å². The van der Waals surface area contributed by atoms with Crippen molar-refractivity contribution in [3.8, 4) is 11.3 Å². The SMILES string of the molecule is Cc1nc(-c2ccsc2)ccc1C(=O)NC[C@H](C)N1CCOCC1. The number of pyridine rings is 1. The van der Waals surface area contributed by atoms with Crippen LogP contribution in [0.3, 0.4) is 0 Å². The number of aryl methyl sites for hydroxylation is 1. The predicted molar refractivity (Wildman–Crippen MR) is 96.5 cm³/mol. The van der Waals surface area contributed by atoms with Crippen LogP contribution in [-0.2, 0) is 4.74 Å². The number of ether oxygens (including phenoxy) is 1. The summed E-state index contributed by atoms with van der Waals surface area (Å²) in [6.07, 6.45) is 0. The number of carbonyl (C=O) groups excluding carboxylic acids is 1. The van der Waals surface area contributed by atoms with Crippen LogP contribution in [0.2, 0.25) is 0 Å². The fraction of sp³-hybridized carbons (Fsp3) is 0.444. The summed E-state index contributed by atoms with van der Waals surface area (Å²) in [5.41, 5.74) is 3.40. The minimum absolute atomic E-state index is 0.0584. The van der Waals surface area contributed by atoms with Gasteiger partial charge in [-0.05, 0) is 37.4 Å². The average molecular weight is 345 g/mol. The summed E-state index contributed by atoms with van der Waals surface area (Å²) < 4.78 is 5.37. The van der Waals surface area contributed by atoms with Crippen LogP contribution in [0.1, 0.15) is 23.0 Å². The molecule has 0 unspecified atom stereocenters. The number of nitrogens with zero attached hydrogens (tertiary/aromatic N) is 2. The Kier molecular flexibility index (Phi) is 5.60. The second kappa shape index (κ2) is 7.88. The molecule has 0 spiro atoms. The average Bonchev–Trinajstić information content (AvgIpc) is 3.14. The molecule has 1 saturated heterocycles. The molecule has 1 aliphatic heterocycles. The van der Waals surface area contributed by atoms with E-state index in [9.17, 15) is 4.79 Å². The highest BCUT2D eigenvalue weighted by atomic mass is 32.1. The molecule has 2 aromatic rings. The molecule has 1 amide bonds. The molecule has 128 valence electrons. The quantitative estimate of drug-likeness (QED) is 0.905. The summed E-state index contributed by atoms with van der Waals surface area (Å²) in [6, 6.07) is 6.12. The van der Waals surface area contributed by atoms with Crippen LogP contribution in [0.4, 0.5) is 0 Å². The van der Waals surface area contributed by atoms with Gasteiger partial charge in [0.05, 0.1) is 30.2 Å². The first-order chi connectivity index (χ1) is 11.6. The van der Waals surface area contributed by atoms with E-state index in [0.717, 1.165) is 43.3 Å². The van der Waals surface area contributed by atoms with Crippen molar-refractivity contribution in [1.29, 1.82) is 0 Å². The number of aromatic nitrogens is 1. The first-order valence-corrected chi connectivity index (χ1v) is 9.19. The maximum Gasteiger partial charge on any atom is 0.253 e. The zero-order chi connectivity index (χ0) is 16.9. The Hall–Kier alpha value is -1.76. The van der Waals surface area contributed by atoms with Gasteiger partial charge in [0.1, 0.15) is 0 Å². The number of hydrogen-bond donors (Lipinski definition) is 1. The van der Waals surface area contributed by atoms with Crippen molar-refractivity contribution >= 4 is 17.2 Å². The molecular weight excluding hydrogens is 322 g/mol. The summed E-state index contributed by atoms with van der Waals surface area (Å²) in [4.78, 5) is 19.4. The Labute approximate surface area is 146 Å². The van der Waals surface area contributed by atoms with Crippen LogP contribution >= 0.6 is 11.3 Å². The Balaban J connectivity index is 1.60. The molecule has 3 rings (SSSR count). The Morgan fingerprint density at radius 2 is 2.17 bits per heavy atom. The smallest absolute Gasteiger partial charge is 0.253 e. The third-order valence-corrected chi connectivity index (χ3v) is 5.06. The number of rotatable bonds is 5. The number of thiophene rings is 1. The van der Waals surface area contributed by atoms with Gasteiger partial charge in [-0.1, -0.05) is 0 Å². The van der Waals surface area contributed by atoms with Gasteiger partial charge in [0.25, 0.3) is 5.91 Å². The van der Waals surface area contributed by atoms with Crippen molar-refractivity contribution in [2.24, 2.45) is 0 Å². The minimum Gasteiger partial charge on any atom is -0.379 e. The van der Waals surface area contributed by atoms with Crippen molar-refractivity contribution in [1.82, 2.24) is 15.2 Å². The molecule has 24 heavy (non-hydrogen) atoms. The highest BCUT2D eigenvalue weighted by molar-refractivity contribution is 7.08. The van der Waals surface area contributed by atoms with Gasteiger partial charge < -0.3 is 10.1 Å². The molecule has 1 fully saturated rings. The van der Waals surface area contributed by atoms with E-state index in [2.05, 4.69) is 27.5 Å². The van der Waals surface area contributed by atoms with Crippen LogP contribution in [0, 0.1) is 6.92 Å². The summed E-state index contributed by atoms with van der Waals surface area (Å²) >= 11 is 1.64. The second-order valence-corrected chi connectivity index (χ2v) is 6.83. The molecule has 0 saturated carbocycles. The first kappa shape index (κ1) is 17.1. The van der Waals surface area contributed by atoms with E-state index in [-0.39, 0.29) is 5.91 Å². The third kappa shape index (κ3) is 4.01. The van der Waals surface area contributed by atoms with Crippen LogP contribution in [0.15, 0.2) is 29.0 Å². The third-order valence-electron chi connectivity index (χ3n) is 4.37. The topological polar surface area (TPSA) is 54.5 Å². The van der Waals surface area contributed by atoms with Crippen molar-refractivity contribution in [3.05, 3.63) is 40.2 Å². The summed E-state index contributed by atoms with van der Waals surface area (Å²) in [7, 11) is 0. The van der Waals surface area contributed by atoms with Crippen molar-refractivity contribution in [2.75, 3.05) is 32.8 Å². The maximum absolute atomic E-state index is 12.5. The monoisotopic (exact) mass is 345 g/mol. The highest BCUT2D eigenvalue weighted by Crippen LogP contribution is 2.21. The van der Waals surface area contributed by atoms with Gasteiger partial charge in [0, 0.05) is 36.6 Å². The number of amides is 1. The fourth-order valence-corrected chi connectivity index (χ4v) is 3.50. The van der Waals surface area contributed by atoms with E-state index >= 15 is 0 Å². The van der Waals surface area contributed by atoms with Gasteiger partial charge in [0.2, 0.25) is 0 Å². The van der Waals surface area contributed by atoms with E-state index in [4.69, 9.17) is 4.74 Å². The van der Waals surface area contributed by atoms with Crippen molar-refractivity contribution in [3.63, 3.8) is 0 Å². The number of hydrogen-bond acceptors (Lipinski definition) is 5. The second-order valence-electron chi connectivity index (χ2n) is 6.05. The molecular formula is C18H23N3O2S. The lowest BCUT2D eigenvalue weighted by atomic mass is 10.1. The molecule has 0 radical (unpaired) electrons. The Morgan fingerprint density at radius 3 is 2.83 bits per heavy atom. The maximum atomic E-state index is 12.5. The van der Waals surface area contributed by atoms with E-state index in [0.29, 0.717) is 18.2 Å². The lowest BCUT2D eigenvalue weighted by molar-refractivity contribution is 0.0204. The standard InChI is InChI=1S/C18H23N3O2S/c1-13(21-6-8-23-9-7-21)11-19-18(22)16-3-4-17(20-14(16)2)15-5-10-24-12-15/h3-5,10,12-13H,6-9,11H2,1-2H3,(H,19,22)/t13-/m0/s1. The molecule has 1 N–H and O–H groups in total. The first-order valence-electron chi connectivity index (χ1n) is 8.25. The van der Waals surface area contributed by atoms with E-state index in [1.807, 2.05) is 30.5 Å². The lowest BCUT2D eigenvalue weighted by Gasteiger charge is -2.32. The van der Waals surface area contributed by atoms with E-state index < -0.39 is 0 Å². The largest absolute Gasteiger partial charge is 0.379 e. The molecule has 0 aliphatic carbocycles. The van der Waals surface area contributed by atoms with Crippen LogP contribution in [-0.4, -0.2) is 54.7 Å². The number of morpholine rings is 1. The molecule has 1 aliphatic rings. The molecule has 2 aromatic heterocycles. The normalized spacial score (nSPS) is 16.8. The van der Waals surface area contributed by atoms with Gasteiger partial charge in [-0.15, -0.1) is 0 Å². The molecule has 3 heterocycles. The van der Waals surface area contributed by atoms with Crippen LogP contribution < -0.4 is 5.32 Å². The molecule has 0 aromatic carbocycles. The predicted octanol–water partition coefficient (Wildman–Crippen LogP) is 2.57. The summed E-state index contributed by atoms with van der Waals surface area (Å²) in [6.45, 7) is 8.04. The number of carbonyl (C=O) groups is 1. The summed E-state index contributed by atoms with van der Waals surface area (Å²) in [5.74, 6) is -0.0584. The molecule has 1 atom stereocenters. The Morgan fingerprint density at radius 1 is 1.38 bits per heavy atom. The number of nitrogens with one attached hydrogen (secondary N) is 1. The van der Waals surface area contributed by atoms with Gasteiger partial charge >= 0.3 is 0 Å². The van der Waals surface area contributed by atoms with Crippen LogP contribution in [0.5, 0.6) is 0 Å². The molecule has 5 nitrogen and oxygen atoms in total. The Bertz CT molecular complexity index is 682. The highest BCUT2D eigenvalue weighted by Gasteiger charge is 2.18. The van der Waals surface area contributed by atoms with Crippen LogP contribution in [0.25, 0.3) is 11.3 Å². The molecule has 0 bridgehead atoms. The van der Waals surface area contributed by atoms with Crippen molar-refractivity contribution < 1.29 is 9.53 Å². The lowest BCUT2D eigenvalue weighted by Crippen LogP contribution is -2.47. The van der Waals surface area contributed by atoms with Gasteiger partial charge in [-0.25, -0.2) is 0 Å². The van der Waals surface area contributed by atoms with Gasteiger partial charge in [0.15, 0.2) is 0 Å². The van der Waals surface area contributed by atoms with E-state index in [1.165, 1.54) is 0 Å². The zero-order valence-corrected chi connectivity index (χ0v) is 14.9. The fourth-order valence-electron chi connectivity index (χ4n) is 2.85. The van der Waals surface area contributed by atoms with Gasteiger partial charge in [-0.2, -0.15) is 11.3 Å². The summed E-state index contributed by atoms with van der Waals surface area (Å²) in [5, 5.41) is 7.12. The van der Waals surface area contributed by atoms with E-state index in [1.54, 1.807) is 11.3 Å². The molecule has 6 heteroatoms. The van der Waals surface area contributed by atoms with Crippen molar-refractivity contribution in [2.45, 2.75) is 19.9 Å². The minimum atomic E-state index is -0.0584.